The second-order valence-electron chi connectivity index (χ2n) is 5.04. The van der Waals surface area contributed by atoms with Gasteiger partial charge in [0.2, 0.25) is 0 Å². The molecule has 0 aliphatic rings. The van der Waals surface area contributed by atoms with Gasteiger partial charge in [-0.15, -0.1) is 0 Å². The largest absolute Gasteiger partial charge is 0.383 e. The number of methoxy groups -OCH3 is 1. The van der Waals surface area contributed by atoms with E-state index in [1.54, 1.807) is 24.1 Å². The van der Waals surface area contributed by atoms with Gasteiger partial charge in [0.15, 0.2) is 0 Å². The third-order valence-corrected chi connectivity index (χ3v) is 4.82. The Labute approximate surface area is 138 Å². The molecule has 0 atom stereocenters. The average molecular weight is 350 g/mol. The highest BCUT2D eigenvalue weighted by Crippen LogP contribution is 2.25. The molecule has 0 aliphatic heterocycles. The number of hydrogen-bond donors (Lipinski definition) is 1. The van der Waals surface area contributed by atoms with Gasteiger partial charge in [0.1, 0.15) is 11.3 Å². The molecule has 1 aromatic carbocycles. The first-order valence-corrected chi connectivity index (χ1v) is 8.57. The minimum absolute atomic E-state index is 0.0103. The molecule has 126 valence electrons. The van der Waals surface area contributed by atoms with Crippen molar-refractivity contribution in [2.45, 2.75) is 11.4 Å². The molecule has 0 bridgehead atoms. The fraction of sp³-hybridized carbons (Fsp3) is 0.200. The topological polar surface area (TPSA) is 86.1 Å². The van der Waals surface area contributed by atoms with E-state index in [4.69, 9.17) is 4.74 Å². The molecule has 2 heterocycles. The Balaban J connectivity index is 1.94. The van der Waals surface area contributed by atoms with Gasteiger partial charge in [0.05, 0.1) is 29.9 Å². The van der Waals surface area contributed by atoms with Crippen molar-refractivity contribution in [3.05, 3.63) is 48.7 Å². The van der Waals surface area contributed by atoms with E-state index >= 15 is 0 Å². The first-order valence-electron chi connectivity index (χ1n) is 7.09. The van der Waals surface area contributed by atoms with E-state index < -0.39 is 15.8 Å². The predicted molar refractivity (Wildman–Crippen MR) is 86.6 cm³/mol. The molecule has 2 aromatic heterocycles. The maximum absolute atomic E-state index is 13.8. The number of sulfonamides is 1. The van der Waals surface area contributed by atoms with E-state index in [1.165, 1.54) is 24.5 Å². The van der Waals surface area contributed by atoms with Crippen LogP contribution in [-0.4, -0.2) is 36.9 Å². The van der Waals surface area contributed by atoms with Crippen LogP contribution in [0.5, 0.6) is 0 Å². The van der Waals surface area contributed by atoms with Crippen LogP contribution in [0.1, 0.15) is 0 Å². The molecule has 0 saturated heterocycles. The second-order valence-corrected chi connectivity index (χ2v) is 6.69. The van der Waals surface area contributed by atoms with Crippen LogP contribution >= 0.6 is 0 Å². The number of ether oxygens (including phenoxy) is 1. The van der Waals surface area contributed by atoms with Crippen molar-refractivity contribution in [2.75, 3.05) is 18.4 Å². The summed E-state index contributed by atoms with van der Waals surface area (Å²) in [5.74, 6) is -0.572. The van der Waals surface area contributed by atoms with E-state index in [-0.39, 0.29) is 15.8 Å². The van der Waals surface area contributed by atoms with Crippen LogP contribution in [0.2, 0.25) is 0 Å². The Bertz CT molecular complexity index is 972. The molecule has 1 N–H and O–H groups in total. The fourth-order valence-electron chi connectivity index (χ4n) is 2.28. The van der Waals surface area contributed by atoms with E-state index in [2.05, 4.69) is 14.8 Å². The summed E-state index contributed by atoms with van der Waals surface area (Å²) in [4.78, 5) is 3.86. The standard InChI is InChI=1S/C15H15FN4O3S/c1-23-8-7-20-10-11(9-18-20)19-24(21,22)14-5-4-13(16)15-12(14)3-2-6-17-15/h2-6,9-10,19H,7-8H2,1H3. The van der Waals surface area contributed by atoms with Crippen molar-refractivity contribution in [1.29, 1.82) is 0 Å². The molecular weight excluding hydrogens is 335 g/mol. The van der Waals surface area contributed by atoms with Crippen LogP contribution in [-0.2, 0) is 21.3 Å². The molecule has 0 unspecified atom stereocenters. The van der Waals surface area contributed by atoms with Crippen LogP contribution < -0.4 is 4.72 Å². The molecule has 0 fully saturated rings. The lowest BCUT2D eigenvalue weighted by Crippen LogP contribution is -2.13. The molecule has 7 nitrogen and oxygen atoms in total. The summed E-state index contributed by atoms with van der Waals surface area (Å²) >= 11 is 0. The van der Waals surface area contributed by atoms with Gasteiger partial charge >= 0.3 is 0 Å². The SMILES string of the molecule is COCCn1cc(NS(=O)(=O)c2ccc(F)c3ncccc23)cn1. The number of aromatic nitrogens is 3. The average Bonchev–Trinajstić information content (AvgIpc) is 3.00. The zero-order valence-corrected chi connectivity index (χ0v) is 13.6. The molecule has 0 amide bonds. The minimum Gasteiger partial charge on any atom is -0.383 e. The monoisotopic (exact) mass is 350 g/mol. The van der Waals surface area contributed by atoms with Crippen LogP contribution in [0, 0.1) is 5.82 Å². The number of fused-ring (bicyclic) bond motifs is 1. The highest BCUT2D eigenvalue weighted by molar-refractivity contribution is 7.93. The quantitative estimate of drug-likeness (QED) is 0.735. The lowest BCUT2D eigenvalue weighted by molar-refractivity contribution is 0.183. The first-order chi connectivity index (χ1) is 11.5. The molecular formula is C15H15FN4O3S. The van der Waals surface area contributed by atoms with Gasteiger partial charge in [-0.3, -0.25) is 14.4 Å². The number of nitrogens with zero attached hydrogens (tertiary/aromatic N) is 3. The molecule has 0 aliphatic carbocycles. The van der Waals surface area contributed by atoms with Crippen molar-refractivity contribution < 1.29 is 17.5 Å². The number of anilines is 1. The molecule has 3 aromatic rings. The normalized spacial score (nSPS) is 11.8. The van der Waals surface area contributed by atoms with Gasteiger partial charge in [-0.1, -0.05) is 0 Å². The molecule has 0 spiro atoms. The maximum atomic E-state index is 13.8. The van der Waals surface area contributed by atoms with Crippen molar-refractivity contribution in [3.63, 3.8) is 0 Å². The number of nitrogens with one attached hydrogen (secondary N) is 1. The summed E-state index contributed by atoms with van der Waals surface area (Å²) in [6, 6.07) is 5.38. The Hall–Kier alpha value is -2.52. The molecule has 0 saturated carbocycles. The Morgan fingerprint density at radius 1 is 1.33 bits per heavy atom. The Kier molecular flexibility index (Phi) is 4.45. The zero-order valence-electron chi connectivity index (χ0n) is 12.8. The predicted octanol–water partition coefficient (Wildman–Crippen LogP) is 2.02. The number of rotatable bonds is 6. The van der Waals surface area contributed by atoms with Crippen molar-refractivity contribution >= 4 is 26.6 Å². The summed E-state index contributed by atoms with van der Waals surface area (Å²) in [6.07, 6.45) is 4.37. The number of halogens is 1. The van der Waals surface area contributed by atoms with Crippen molar-refractivity contribution in [2.24, 2.45) is 0 Å². The summed E-state index contributed by atoms with van der Waals surface area (Å²) in [5, 5.41) is 4.26. The maximum Gasteiger partial charge on any atom is 0.262 e. The first kappa shape index (κ1) is 16.3. The molecule has 3 rings (SSSR count). The summed E-state index contributed by atoms with van der Waals surface area (Å²) in [6.45, 7) is 0.962. The van der Waals surface area contributed by atoms with Crippen LogP contribution in [0.25, 0.3) is 10.9 Å². The zero-order chi connectivity index (χ0) is 17.2. The second kappa shape index (κ2) is 6.54. The van der Waals surface area contributed by atoms with Gasteiger partial charge < -0.3 is 4.74 Å². The molecule has 24 heavy (non-hydrogen) atoms. The van der Waals surface area contributed by atoms with E-state index in [0.717, 1.165) is 6.07 Å². The summed E-state index contributed by atoms with van der Waals surface area (Å²) in [5.41, 5.74) is 0.323. The summed E-state index contributed by atoms with van der Waals surface area (Å²) < 4.78 is 48.0. The Morgan fingerprint density at radius 3 is 2.96 bits per heavy atom. The van der Waals surface area contributed by atoms with Gasteiger partial charge in [-0.25, -0.2) is 12.8 Å². The lowest BCUT2D eigenvalue weighted by Gasteiger charge is -2.09. The van der Waals surface area contributed by atoms with Crippen molar-refractivity contribution in [3.8, 4) is 0 Å². The fourth-order valence-corrected chi connectivity index (χ4v) is 3.51. The van der Waals surface area contributed by atoms with Gasteiger partial charge in [-0.05, 0) is 24.3 Å². The van der Waals surface area contributed by atoms with Crippen molar-refractivity contribution in [1.82, 2.24) is 14.8 Å². The minimum atomic E-state index is -3.91. The number of pyridine rings is 1. The van der Waals surface area contributed by atoms with Crippen LogP contribution in [0.4, 0.5) is 10.1 Å². The number of benzene rings is 1. The van der Waals surface area contributed by atoms with Gasteiger partial charge in [0, 0.05) is 24.9 Å². The third kappa shape index (κ3) is 3.22. The third-order valence-electron chi connectivity index (χ3n) is 3.38. The Morgan fingerprint density at radius 2 is 2.17 bits per heavy atom. The smallest absolute Gasteiger partial charge is 0.262 e. The molecule has 0 radical (unpaired) electrons. The van der Waals surface area contributed by atoms with Gasteiger partial charge in [0.25, 0.3) is 10.0 Å². The van der Waals surface area contributed by atoms with Crippen LogP contribution in [0.15, 0.2) is 47.8 Å². The van der Waals surface area contributed by atoms with E-state index in [9.17, 15) is 12.8 Å². The highest BCUT2D eigenvalue weighted by Gasteiger charge is 2.20. The van der Waals surface area contributed by atoms with E-state index in [0.29, 0.717) is 18.8 Å². The molecule has 9 heteroatoms. The van der Waals surface area contributed by atoms with Gasteiger partial charge in [-0.2, -0.15) is 5.10 Å². The lowest BCUT2D eigenvalue weighted by atomic mass is 10.2. The summed E-state index contributed by atoms with van der Waals surface area (Å²) in [7, 11) is -2.33. The van der Waals surface area contributed by atoms with Crippen LogP contribution in [0.3, 0.4) is 0 Å². The number of hydrogen-bond acceptors (Lipinski definition) is 5. The van der Waals surface area contributed by atoms with E-state index in [1.807, 2.05) is 0 Å². The highest BCUT2D eigenvalue weighted by atomic mass is 32.2.